The zero-order valence-corrected chi connectivity index (χ0v) is 24.3. The zero-order chi connectivity index (χ0) is 28.4. The van der Waals surface area contributed by atoms with Crippen LogP contribution in [-0.4, -0.2) is 61.5 Å². The second kappa shape index (κ2) is 11.5. The van der Waals surface area contributed by atoms with E-state index in [1.807, 2.05) is 36.9 Å². The number of benzene rings is 2. The van der Waals surface area contributed by atoms with Crippen LogP contribution in [0.15, 0.2) is 53.4 Å². The molecule has 0 spiro atoms. The van der Waals surface area contributed by atoms with E-state index in [2.05, 4.69) is 33.9 Å². The van der Waals surface area contributed by atoms with Crippen molar-refractivity contribution in [1.82, 2.24) is 20.2 Å². The Kier molecular flexibility index (Phi) is 8.09. The van der Waals surface area contributed by atoms with Gasteiger partial charge in [-0.3, -0.25) is 4.79 Å². The highest BCUT2D eigenvalue weighted by Gasteiger charge is 2.30. The SMILES string of the molecule is Cc1cccc(C)c1-c1cc2nc(n1)NS(=O)(=O)c1cccc(c1)C(=O)N(CCC1CNC1)[C@H](CC(C)C)CO2. The smallest absolute Gasteiger partial charge is 0.264 e. The molecule has 0 aliphatic carbocycles. The second-order valence-corrected chi connectivity index (χ2v) is 12.9. The number of hydrogen-bond acceptors (Lipinski definition) is 7. The highest BCUT2D eigenvalue weighted by molar-refractivity contribution is 7.92. The molecule has 0 unspecified atom stereocenters. The molecule has 40 heavy (non-hydrogen) atoms. The van der Waals surface area contributed by atoms with E-state index in [1.54, 1.807) is 18.2 Å². The number of fused-ring (bicyclic) bond motifs is 4. The summed E-state index contributed by atoms with van der Waals surface area (Å²) >= 11 is 0. The van der Waals surface area contributed by atoms with Crippen molar-refractivity contribution in [1.29, 1.82) is 0 Å². The minimum Gasteiger partial charge on any atom is -0.475 e. The third-order valence-electron chi connectivity index (χ3n) is 7.57. The number of anilines is 1. The lowest BCUT2D eigenvalue weighted by molar-refractivity contribution is 0.0551. The molecule has 4 bridgehead atoms. The van der Waals surface area contributed by atoms with Gasteiger partial charge in [0.05, 0.1) is 16.6 Å². The molecule has 1 aromatic heterocycles. The largest absolute Gasteiger partial charge is 0.475 e. The third-order valence-corrected chi connectivity index (χ3v) is 8.90. The summed E-state index contributed by atoms with van der Waals surface area (Å²) < 4.78 is 35.7. The molecule has 1 atom stereocenters. The lowest BCUT2D eigenvalue weighted by atomic mass is 9.97. The number of amides is 1. The first-order chi connectivity index (χ1) is 19.1. The van der Waals surface area contributed by atoms with Crippen LogP contribution < -0.4 is 14.8 Å². The Morgan fingerprint density at radius 3 is 2.45 bits per heavy atom. The van der Waals surface area contributed by atoms with Gasteiger partial charge in [-0.2, -0.15) is 4.98 Å². The second-order valence-electron chi connectivity index (χ2n) is 11.2. The Morgan fingerprint density at radius 1 is 1.05 bits per heavy atom. The van der Waals surface area contributed by atoms with Crippen LogP contribution in [0.1, 0.15) is 48.2 Å². The van der Waals surface area contributed by atoms with Crippen molar-refractivity contribution in [3.63, 3.8) is 0 Å². The van der Waals surface area contributed by atoms with E-state index < -0.39 is 10.0 Å². The number of nitrogens with zero attached hydrogens (tertiary/aromatic N) is 3. The molecule has 2 aliphatic heterocycles. The topological polar surface area (TPSA) is 114 Å². The number of carbonyl (C=O) groups excluding carboxylic acids is 1. The maximum atomic E-state index is 13.9. The lowest BCUT2D eigenvalue weighted by Crippen LogP contribution is -2.48. The Morgan fingerprint density at radius 2 is 1.77 bits per heavy atom. The summed E-state index contributed by atoms with van der Waals surface area (Å²) in [4.78, 5) is 24.8. The average molecular weight is 564 g/mol. The van der Waals surface area contributed by atoms with Crippen molar-refractivity contribution in [2.45, 2.75) is 51.5 Å². The number of aromatic nitrogens is 2. The van der Waals surface area contributed by atoms with E-state index >= 15 is 0 Å². The summed E-state index contributed by atoms with van der Waals surface area (Å²) in [5.74, 6) is 0.788. The van der Waals surface area contributed by atoms with Gasteiger partial charge in [0.25, 0.3) is 15.9 Å². The van der Waals surface area contributed by atoms with E-state index in [-0.39, 0.29) is 35.3 Å². The standard InChI is InChI=1S/C30H37N5O4S/c1-19(2)13-24-18-39-27-15-26(28-20(3)7-5-8-21(28)4)32-30(33-27)34-40(37,38)25-10-6-9-23(14-25)29(36)35(24)12-11-22-16-31-17-22/h5-10,14-15,19,22,24,31H,11-13,16-18H2,1-4H3,(H,32,33,34)/t24-/m1/s1. The van der Waals surface area contributed by atoms with Crippen molar-refractivity contribution < 1.29 is 17.9 Å². The first kappa shape index (κ1) is 28.0. The first-order valence-electron chi connectivity index (χ1n) is 13.8. The summed E-state index contributed by atoms with van der Waals surface area (Å²) in [7, 11) is -4.08. The van der Waals surface area contributed by atoms with E-state index in [0.29, 0.717) is 29.6 Å². The summed E-state index contributed by atoms with van der Waals surface area (Å²) in [6.07, 6.45) is 1.59. The molecule has 5 rings (SSSR count). The predicted molar refractivity (Wildman–Crippen MR) is 155 cm³/mol. The molecule has 0 saturated carbocycles. The Balaban J connectivity index is 1.62. The van der Waals surface area contributed by atoms with Crippen LogP contribution in [0.5, 0.6) is 5.88 Å². The number of nitrogens with one attached hydrogen (secondary N) is 2. The highest BCUT2D eigenvalue weighted by atomic mass is 32.2. The highest BCUT2D eigenvalue weighted by Crippen LogP contribution is 2.30. The molecule has 2 aliphatic rings. The molecule has 3 aromatic rings. The summed E-state index contributed by atoms with van der Waals surface area (Å²) in [5, 5.41) is 3.29. The van der Waals surface area contributed by atoms with Crippen LogP contribution in [0.3, 0.4) is 0 Å². The van der Waals surface area contributed by atoms with Gasteiger partial charge in [-0.05, 0) is 80.9 Å². The number of hydrogen-bond donors (Lipinski definition) is 2. The zero-order valence-electron chi connectivity index (χ0n) is 23.5. The summed E-state index contributed by atoms with van der Waals surface area (Å²) in [5.41, 5.74) is 3.79. The van der Waals surface area contributed by atoms with E-state index in [9.17, 15) is 13.2 Å². The van der Waals surface area contributed by atoms with Crippen LogP contribution >= 0.6 is 0 Å². The Labute approximate surface area is 236 Å². The minimum atomic E-state index is -4.08. The van der Waals surface area contributed by atoms with Crippen LogP contribution in [0.4, 0.5) is 5.95 Å². The fraction of sp³-hybridized carbons (Fsp3) is 0.433. The number of carbonyl (C=O) groups is 1. The third kappa shape index (κ3) is 6.13. The summed E-state index contributed by atoms with van der Waals surface area (Å²) in [6.45, 7) is 10.9. The van der Waals surface area contributed by atoms with Gasteiger partial charge in [0, 0.05) is 23.7 Å². The van der Waals surface area contributed by atoms with Crippen molar-refractivity contribution >= 4 is 21.9 Å². The molecule has 1 amide bonds. The van der Waals surface area contributed by atoms with Crippen LogP contribution in [0, 0.1) is 25.7 Å². The van der Waals surface area contributed by atoms with Gasteiger partial charge >= 0.3 is 0 Å². The lowest BCUT2D eigenvalue weighted by Gasteiger charge is -2.35. The summed E-state index contributed by atoms with van der Waals surface area (Å²) in [6, 6.07) is 13.6. The van der Waals surface area contributed by atoms with Crippen LogP contribution in [-0.2, 0) is 10.0 Å². The number of sulfonamides is 1. The van der Waals surface area contributed by atoms with E-state index in [1.165, 1.54) is 12.1 Å². The fourth-order valence-electron chi connectivity index (χ4n) is 5.37. The predicted octanol–water partition coefficient (Wildman–Crippen LogP) is 4.42. The molecule has 1 saturated heterocycles. The molecule has 0 radical (unpaired) electrons. The molecule has 2 N–H and O–H groups in total. The Bertz CT molecular complexity index is 1480. The first-order valence-corrected chi connectivity index (χ1v) is 15.3. The molecular formula is C30H37N5O4S. The molecule has 1 fully saturated rings. The van der Waals surface area contributed by atoms with Crippen molar-refractivity contribution in [2.75, 3.05) is 31.0 Å². The average Bonchev–Trinajstić information content (AvgIpc) is 2.87. The van der Waals surface area contributed by atoms with Crippen molar-refractivity contribution in [3.05, 3.63) is 65.2 Å². The quantitative estimate of drug-likeness (QED) is 0.456. The van der Waals surface area contributed by atoms with E-state index in [4.69, 9.17) is 4.74 Å². The van der Waals surface area contributed by atoms with Gasteiger partial charge in [-0.15, -0.1) is 0 Å². The number of ether oxygens (including phenoxy) is 1. The van der Waals surface area contributed by atoms with Gasteiger partial charge in [0.1, 0.15) is 6.61 Å². The normalized spacial score (nSPS) is 19.1. The maximum absolute atomic E-state index is 13.9. The molecular weight excluding hydrogens is 526 g/mol. The van der Waals surface area contributed by atoms with Gasteiger partial charge in [-0.1, -0.05) is 38.1 Å². The van der Waals surface area contributed by atoms with Gasteiger partial charge in [-0.25, -0.2) is 18.1 Å². The maximum Gasteiger partial charge on any atom is 0.264 e. The number of aryl methyl sites for hydroxylation is 2. The van der Waals surface area contributed by atoms with Gasteiger partial charge in [0.15, 0.2) is 0 Å². The van der Waals surface area contributed by atoms with Crippen molar-refractivity contribution in [3.8, 4) is 17.1 Å². The fourth-order valence-corrected chi connectivity index (χ4v) is 6.36. The van der Waals surface area contributed by atoms with Crippen molar-refractivity contribution in [2.24, 2.45) is 11.8 Å². The van der Waals surface area contributed by atoms with Crippen LogP contribution in [0.25, 0.3) is 11.3 Å². The molecule has 212 valence electrons. The molecule has 2 aromatic carbocycles. The Hall–Kier alpha value is -3.50. The molecule has 9 nitrogen and oxygen atoms in total. The molecule has 10 heteroatoms. The van der Waals surface area contributed by atoms with Gasteiger partial charge in [0.2, 0.25) is 11.8 Å². The van der Waals surface area contributed by atoms with Crippen LogP contribution in [0.2, 0.25) is 0 Å². The molecule has 3 heterocycles. The minimum absolute atomic E-state index is 0.0234. The van der Waals surface area contributed by atoms with E-state index in [0.717, 1.165) is 42.6 Å². The van der Waals surface area contributed by atoms with Gasteiger partial charge < -0.3 is 15.0 Å². The number of rotatable bonds is 6. The monoisotopic (exact) mass is 563 g/mol.